The Balaban J connectivity index is 0.00000182. The number of carbonyl (C=O) groups excluding carboxylic acids is 1. The zero-order valence-electron chi connectivity index (χ0n) is 14.2. The minimum Gasteiger partial charge on any atom is -0.744 e. The van der Waals surface area contributed by atoms with Crippen LogP contribution in [0.1, 0.15) is 15.9 Å². The predicted octanol–water partition coefficient (Wildman–Crippen LogP) is -4.17. The summed E-state index contributed by atoms with van der Waals surface area (Å²) in [6.07, 6.45) is 1.19. The van der Waals surface area contributed by atoms with Gasteiger partial charge in [-0.05, 0) is 35.9 Å². The number of rotatable bonds is 3. The summed E-state index contributed by atoms with van der Waals surface area (Å²) in [6.45, 7) is 0. The van der Waals surface area contributed by atoms with Crippen molar-refractivity contribution in [2.24, 2.45) is 0 Å². The summed E-state index contributed by atoms with van der Waals surface area (Å²) in [5.41, 5.74) is 0.287. The van der Waals surface area contributed by atoms with E-state index in [9.17, 15) is 30.7 Å². The quantitative estimate of drug-likeness (QED) is 0.249. The van der Waals surface area contributed by atoms with E-state index in [0.717, 1.165) is 23.9 Å². The molecule has 130 valence electrons. The van der Waals surface area contributed by atoms with Crippen LogP contribution < -0.4 is 103 Å². The van der Waals surface area contributed by atoms with Crippen LogP contribution in [0.5, 0.6) is 0 Å². The second-order valence-corrected chi connectivity index (χ2v) is 8.86. The van der Waals surface area contributed by atoms with Crippen LogP contribution >= 0.6 is 11.8 Å². The van der Waals surface area contributed by atoms with Crippen LogP contribution in [0.15, 0.2) is 62.1 Å². The number of ketones is 1. The molecule has 3 rings (SSSR count). The van der Waals surface area contributed by atoms with E-state index in [2.05, 4.69) is 0 Å². The number of thioether (sulfide) groups is 1. The number of benzene rings is 2. The Bertz CT molecular complexity index is 1140. The summed E-state index contributed by atoms with van der Waals surface area (Å²) < 4.78 is 67.4. The Morgan fingerprint density at radius 2 is 1.52 bits per heavy atom. The minimum atomic E-state index is -5.06. The van der Waals surface area contributed by atoms with Gasteiger partial charge in [-0.25, -0.2) is 16.8 Å². The average molecular weight is 475 g/mol. The molecular weight excluding hydrogens is 467 g/mol. The molecule has 0 aromatic heterocycles. The van der Waals surface area contributed by atoms with Gasteiger partial charge in [0.25, 0.3) is 0 Å². The maximum absolute atomic E-state index is 12.3. The molecule has 0 atom stereocenters. The van der Waals surface area contributed by atoms with Crippen LogP contribution in [0.4, 0.5) is 0 Å². The first kappa shape index (κ1) is 26.3. The molecule has 27 heavy (non-hydrogen) atoms. The summed E-state index contributed by atoms with van der Waals surface area (Å²) in [5.74, 6) is -0.338. The van der Waals surface area contributed by atoms with Gasteiger partial charge in [0.15, 0.2) is 0 Å². The van der Waals surface area contributed by atoms with Gasteiger partial charge in [-0.1, -0.05) is 30.0 Å². The molecule has 12 heteroatoms. The van der Waals surface area contributed by atoms with Gasteiger partial charge in [-0.3, -0.25) is 4.79 Å². The maximum atomic E-state index is 12.3. The first-order chi connectivity index (χ1) is 11.6. The molecule has 0 spiro atoms. The van der Waals surface area contributed by atoms with Crippen molar-refractivity contribution in [3.63, 3.8) is 0 Å². The molecule has 0 fully saturated rings. The number of allylic oxidation sites excluding steroid dienone is 1. The fourth-order valence-electron chi connectivity index (χ4n) is 2.28. The molecule has 1 aliphatic heterocycles. The second kappa shape index (κ2) is 10.1. The van der Waals surface area contributed by atoms with Gasteiger partial charge in [-0.2, -0.15) is 0 Å². The number of hydrogen-bond donors (Lipinski definition) is 0. The molecule has 0 saturated carbocycles. The molecule has 0 unspecified atom stereocenters. The Hall–Kier alpha value is 1.29. The van der Waals surface area contributed by atoms with Gasteiger partial charge in [-0.15, -0.1) is 0 Å². The average Bonchev–Trinajstić information content (AvgIpc) is 2.82. The molecule has 0 N–H and O–H groups in total. The number of carbonyl (C=O) groups is 1. The molecule has 2 aromatic carbocycles. The summed E-state index contributed by atoms with van der Waals surface area (Å²) >= 11 is 1.10. The van der Waals surface area contributed by atoms with E-state index >= 15 is 0 Å². The predicted molar refractivity (Wildman–Crippen MR) is 87.0 cm³/mol. The Labute approximate surface area is 245 Å². The van der Waals surface area contributed by atoms with Crippen molar-refractivity contribution in [1.82, 2.24) is 0 Å². The SMILES string of the molecule is O=C1C(=Cc2ccc(S(=O)(=O)[O-])cc2S(=O)(=O)[O-])Sc2ccccc21.[K+].[K+]. The molecule has 1 heterocycles. The van der Waals surface area contributed by atoms with Gasteiger partial charge in [0, 0.05) is 10.5 Å². The van der Waals surface area contributed by atoms with Gasteiger partial charge in [0.1, 0.15) is 20.2 Å². The van der Waals surface area contributed by atoms with E-state index in [1.807, 2.05) is 0 Å². The molecule has 0 saturated heterocycles. The van der Waals surface area contributed by atoms with Crippen molar-refractivity contribution in [3.05, 3.63) is 58.5 Å². The fourth-order valence-corrected chi connectivity index (χ4v) is 4.58. The standard InChI is InChI=1S/C15H10O7S3.2K/c16-15-11-3-1-2-4-12(11)23-13(15)7-9-5-6-10(24(17,18)19)8-14(9)25(20,21)22;;/h1-8H,(H,17,18,19)(H,20,21,22);;/q;2*+1/p-2. The van der Waals surface area contributed by atoms with Crippen LogP contribution in [-0.2, 0) is 20.2 Å². The number of hydrogen-bond acceptors (Lipinski definition) is 8. The molecule has 0 amide bonds. The molecule has 7 nitrogen and oxygen atoms in total. The third-order valence-corrected chi connectivity index (χ3v) is 6.23. The normalized spacial score (nSPS) is 15.0. The van der Waals surface area contributed by atoms with Gasteiger partial charge < -0.3 is 9.11 Å². The summed E-state index contributed by atoms with van der Waals surface area (Å²) in [6, 6.07) is 9.17. The Kier molecular flexibility index (Phi) is 9.82. The van der Waals surface area contributed by atoms with Crippen LogP contribution in [0.2, 0.25) is 0 Å². The number of fused-ring (bicyclic) bond motifs is 1. The first-order valence-electron chi connectivity index (χ1n) is 6.66. The van der Waals surface area contributed by atoms with E-state index in [4.69, 9.17) is 0 Å². The van der Waals surface area contributed by atoms with Crippen molar-refractivity contribution >= 4 is 43.9 Å². The second-order valence-electron chi connectivity index (χ2n) is 5.04. The fraction of sp³-hybridized carbons (Fsp3) is 0. The van der Waals surface area contributed by atoms with Gasteiger partial charge in [0.2, 0.25) is 5.78 Å². The zero-order valence-corrected chi connectivity index (χ0v) is 22.9. The van der Waals surface area contributed by atoms with Crippen molar-refractivity contribution in [2.75, 3.05) is 0 Å². The number of Topliss-reactive ketones (excluding diaryl/α,β-unsaturated/α-hetero) is 1. The van der Waals surface area contributed by atoms with Crippen LogP contribution in [0.25, 0.3) is 6.08 Å². The molecule has 0 bridgehead atoms. The van der Waals surface area contributed by atoms with Crippen molar-refractivity contribution in [3.8, 4) is 0 Å². The molecule has 0 aliphatic carbocycles. The van der Waals surface area contributed by atoms with E-state index in [-0.39, 0.29) is 119 Å². The summed E-state index contributed by atoms with van der Waals surface area (Å²) in [5, 5.41) is 0. The third-order valence-electron chi connectivity index (χ3n) is 3.41. The smallest absolute Gasteiger partial charge is 0.744 e. The van der Waals surface area contributed by atoms with Crippen molar-refractivity contribution < 1.29 is 134 Å². The zero-order chi connectivity index (χ0) is 18.4. The molecule has 2 aromatic rings. The topological polar surface area (TPSA) is 131 Å². The van der Waals surface area contributed by atoms with Crippen LogP contribution in [0.3, 0.4) is 0 Å². The van der Waals surface area contributed by atoms with E-state index < -0.39 is 30.0 Å². The van der Waals surface area contributed by atoms with E-state index in [0.29, 0.717) is 16.5 Å². The molecule has 1 aliphatic rings. The monoisotopic (exact) mass is 474 g/mol. The van der Waals surface area contributed by atoms with Gasteiger partial charge in [0.05, 0.1) is 14.7 Å². The first-order valence-corrected chi connectivity index (χ1v) is 10.3. The van der Waals surface area contributed by atoms with Crippen molar-refractivity contribution in [1.29, 1.82) is 0 Å². The van der Waals surface area contributed by atoms with Gasteiger partial charge >= 0.3 is 103 Å². The van der Waals surface area contributed by atoms with Crippen molar-refractivity contribution in [2.45, 2.75) is 14.7 Å². The minimum absolute atomic E-state index is 0. The summed E-state index contributed by atoms with van der Waals surface area (Å²) in [7, 11) is -9.99. The Morgan fingerprint density at radius 3 is 2.07 bits per heavy atom. The Morgan fingerprint density at radius 1 is 0.889 bits per heavy atom. The third kappa shape index (κ3) is 6.15. The van der Waals surface area contributed by atoms with Crippen LogP contribution in [0, 0.1) is 0 Å². The maximum Gasteiger partial charge on any atom is 1.00 e. The summed E-state index contributed by atoms with van der Waals surface area (Å²) in [4.78, 5) is 11.5. The van der Waals surface area contributed by atoms with E-state index in [1.165, 1.54) is 6.08 Å². The largest absolute Gasteiger partial charge is 1.00 e. The van der Waals surface area contributed by atoms with Crippen LogP contribution in [-0.4, -0.2) is 31.7 Å². The molecular formula is C15H8K2O7S3. The molecule has 0 radical (unpaired) electrons. The van der Waals surface area contributed by atoms with E-state index in [1.54, 1.807) is 24.3 Å².